The van der Waals surface area contributed by atoms with Crippen molar-refractivity contribution in [1.82, 2.24) is 10.3 Å². The van der Waals surface area contributed by atoms with Crippen molar-refractivity contribution in [3.05, 3.63) is 58.9 Å². The van der Waals surface area contributed by atoms with Crippen molar-refractivity contribution in [2.24, 2.45) is 0 Å². The lowest BCUT2D eigenvalue weighted by molar-refractivity contribution is -0.174. The van der Waals surface area contributed by atoms with E-state index in [2.05, 4.69) is 4.98 Å². The molecule has 0 aliphatic heterocycles. The average molecular weight is 392 g/mol. The summed E-state index contributed by atoms with van der Waals surface area (Å²) in [7, 11) is 2.73. The van der Waals surface area contributed by atoms with Gasteiger partial charge in [0.15, 0.2) is 17.3 Å². The Bertz CT molecular complexity index is 956. The lowest BCUT2D eigenvalue weighted by Gasteiger charge is -2.17. The molecule has 28 heavy (non-hydrogen) atoms. The van der Waals surface area contributed by atoms with E-state index < -0.39 is 23.9 Å². The van der Waals surface area contributed by atoms with E-state index in [0.717, 1.165) is 0 Å². The third-order valence-corrected chi connectivity index (χ3v) is 4.22. The molecule has 0 saturated heterocycles. The first-order chi connectivity index (χ1) is 13.3. The summed E-state index contributed by atoms with van der Waals surface area (Å²) < 4.78 is 48.8. The summed E-state index contributed by atoms with van der Waals surface area (Å²) in [5.74, 6) is -2.20. The van der Waals surface area contributed by atoms with Crippen LogP contribution in [-0.2, 0) is 4.79 Å². The van der Waals surface area contributed by atoms with Gasteiger partial charge in [0.2, 0.25) is 0 Å². The number of rotatable bonds is 4. The molecule has 0 bridgehead atoms. The van der Waals surface area contributed by atoms with Crippen molar-refractivity contribution in [1.29, 1.82) is 0 Å². The van der Waals surface area contributed by atoms with Crippen LogP contribution >= 0.6 is 0 Å². The minimum absolute atomic E-state index is 0.0177. The van der Waals surface area contributed by atoms with Crippen molar-refractivity contribution < 1.29 is 32.2 Å². The maximum Gasteiger partial charge on any atom is 0.471 e. The van der Waals surface area contributed by atoms with Crippen LogP contribution in [0.5, 0.6) is 11.5 Å². The van der Waals surface area contributed by atoms with Crippen LogP contribution in [0.15, 0.2) is 42.2 Å². The molecule has 0 radical (unpaired) electrons. The highest BCUT2D eigenvalue weighted by atomic mass is 19.4. The van der Waals surface area contributed by atoms with E-state index in [9.17, 15) is 22.8 Å². The van der Waals surface area contributed by atoms with E-state index in [0.29, 0.717) is 5.56 Å². The van der Waals surface area contributed by atoms with Crippen molar-refractivity contribution >= 4 is 17.8 Å². The third kappa shape index (κ3) is 3.55. The van der Waals surface area contributed by atoms with Crippen LogP contribution in [-0.4, -0.2) is 37.1 Å². The van der Waals surface area contributed by atoms with Crippen LogP contribution in [0.3, 0.4) is 0 Å². The number of nitrogens with zero attached hydrogens (tertiary/aromatic N) is 1. The first-order valence-corrected chi connectivity index (χ1v) is 8.06. The van der Waals surface area contributed by atoms with Crippen LogP contribution in [0.1, 0.15) is 27.5 Å². The molecule has 1 amide bonds. The summed E-state index contributed by atoms with van der Waals surface area (Å²) in [6, 6.07) is 4.73. The van der Waals surface area contributed by atoms with Crippen molar-refractivity contribution in [2.75, 3.05) is 14.2 Å². The fraction of sp³-hybridized carbons (Fsp3) is 0.211. The molecule has 1 aromatic carbocycles. The van der Waals surface area contributed by atoms with Gasteiger partial charge in [-0.2, -0.15) is 13.2 Å². The number of benzene rings is 1. The number of aromatic nitrogens is 1. The average Bonchev–Trinajstić information content (AvgIpc) is 2.92. The molecule has 1 aliphatic rings. The second-order valence-corrected chi connectivity index (χ2v) is 5.91. The van der Waals surface area contributed by atoms with Crippen LogP contribution in [0.4, 0.5) is 13.2 Å². The molecule has 146 valence electrons. The van der Waals surface area contributed by atoms with Gasteiger partial charge in [0.25, 0.3) is 0 Å². The number of carbonyl (C=O) groups excluding carboxylic acids is 2. The number of pyridine rings is 1. The lowest BCUT2D eigenvalue weighted by Crippen LogP contribution is -2.39. The Balaban J connectivity index is 2.14. The number of ketones is 1. The zero-order valence-corrected chi connectivity index (χ0v) is 14.8. The highest BCUT2D eigenvalue weighted by Crippen LogP contribution is 2.43. The highest BCUT2D eigenvalue weighted by Gasteiger charge is 2.44. The lowest BCUT2D eigenvalue weighted by atomic mass is 10.0. The van der Waals surface area contributed by atoms with E-state index in [1.165, 1.54) is 44.8 Å². The van der Waals surface area contributed by atoms with E-state index in [-0.39, 0.29) is 28.2 Å². The van der Waals surface area contributed by atoms with Crippen molar-refractivity contribution in [3.63, 3.8) is 0 Å². The first-order valence-electron chi connectivity index (χ1n) is 8.06. The molecule has 1 unspecified atom stereocenters. The Kier molecular flexibility index (Phi) is 5.08. The zero-order valence-electron chi connectivity index (χ0n) is 14.8. The van der Waals surface area contributed by atoms with Gasteiger partial charge in [0.1, 0.15) is 0 Å². The molecule has 1 atom stereocenters. The number of halogens is 3. The topological polar surface area (TPSA) is 77.5 Å². The van der Waals surface area contributed by atoms with Gasteiger partial charge in [-0.05, 0) is 35.4 Å². The minimum atomic E-state index is -5.10. The molecule has 0 spiro atoms. The van der Waals surface area contributed by atoms with Gasteiger partial charge < -0.3 is 14.8 Å². The van der Waals surface area contributed by atoms with Gasteiger partial charge in [-0.15, -0.1) is 0 Å². The first kappa shape index (κ1) is 19.4. The predicted octanol–water partition coefficient (Wildman–Crippen LogP) is 3.10. The molecule has 1 aromatic heterocycles. The SMILES string of the molecule is COc1cc2c(cc1OC)C(NC(=O)C(F)(F)F)/C(=C/c1cccnc1)C2=O. The maximum atomic E-state index is 12.9. The summed E-state index contributed by atoms with van der Waals surface area (Å²) in [5, 5.41) is 1.89. The standard InChI is InChI=1S/C19H15F3N2O4/c1-27-14-7-11-12(8-15(14)28-2)17(25)13(6-10-4-3-5-23-9-10)16(11)24-18(26)19(20,21)22/h3-9,16H,1-2H3,(H,24,26)/b13-6-. The minimum Gasteiger partial charge on any atom is -0.493 e. The Morgan fingerprint density at radius 1 is 1.21 bits per heavy atom. The Labute approximate surface area is 158 Å². The Morgan fingerprint density at radius 3 is 2.46 bits per heavy atom. The number of fused-ring (bicyclic) bond motifs is 1. The van der Waals surface area contributed by atoms with Crippen LogP contribution < -0.4 is 14.8 Å². The number of methoxy groups -OCH3 is 2. The predicted molar refractivity (Wildman–Crippen MR) is 93.0 cm³/mol. The van der Waals surface area contributed by atoms with E-state index in [1.54, 1.807) is 12.1 Å². The van der Waals surface area contributed by atoms with E-state index in [4.69, 9.17) is 9.47 Å². The highest BCUT2D eigenvalue weighted by molar-refractivity contribution is 6.17. The van der Waals surface area contributed by atoms with Gasteiger partial charge in [-0.25, -0.2) is 0 Å². The van der Waals surface area contributed by atoms with E-state index in [1.807, 2.05) is 5.32 Å². The number of alkyl halides is 3. The van der Waals surface area contributed by atoms with Gasteiger partial charge in [0.05, 0.1) is 20.3 Å². The molecule has 0 saturated carbocycles. The molecule has 1 aliphatic carbocycles. The number of Topliss-reactive ketones (excluding diaryl/α,β-unsaturated/α-hetero) is 1. The number of amides is 1. The number of nitrogens with one attached hydrogen (secondary N) is 1. The molecule has 6 nitrogen and oxygen atoms in total. The molecular weight excluding hydrogens is 377 g/mol. The summed E-state index contributed by atoms with van der Waals surface area (Å²) >= 11 is 0. The molecule has 2 aromatic rings. The number of ether oxygens (including phenoxy) is 2. The second-order valence-electron chi connectivity index (χ2n) is 5.91. The Hall–Kier alpha value is -3.36. The smallest absolute Gasteiger partial charge is 0.471 e. The summed E-state index contributed by atoms with van der Waals surface area (Å²) in [5.41, 5.74) is 0.801. The van der Waals surface area contributed by atoms with E-state index >= 15 is 0 Å². The summed E-state index contributed by atoms with van der Waals surface area (Å²) in [6.45, 7) is 0. The molecule has 1 heterocycles. The van der Waals surface area contributed by atoms with Crippen molar-refractivity contribution in [3.8, 4) is 11.5 Å². The molecular formula is C19H15F3N2O4. The van der Waals surface area contributed by atoms with Crippen molar-refractivity contribution in [2.45, 2.75) is 12.2 Å². The third-order valence-electron chi connectivity index (χ3n) is 4.22. The van der Waals surface area contributed by atoms with Gasteiger partial charge in [-0.3, -0.25) is 14.6 Å². The normalized spacial score (nSPS) is 17.4. The second kappa shape index (κ2) is 7.34. The zero-order chi connectivity index (χ0) is 20.5. The quantitative estimate of drug-likeness (QED) is 0.810. The number of hydrogen-bond acceptors (Lipinski definition) is 5. The van der Waals surface area contributed by atoms with Gasteiger partial charge >= 0.3 is 12.1 Å². The molecule has 3 rings (SSSR count). The van der Waals surface area contributed by atoms with Gasteiger partial charge in [0, 0.05) is 23.5 Å². The summed E-state index contributed by atoms with van der Waals surface area (Å²) in [6.07, 6.45) is -0.726. The number of hydrogen-bond donors (Lipinski definition) is 1. The van der Waals surface area contributed by atoms with Crippen LogP contribution in [0, 0.1) is 0 Å². The maximum absolute atomic E-state index is 12.9. The fourth-order valence-corrected chi connectivity index (χ4v) is 2.94. The fourth-order valence-electron chi connectivity index (χ4n) is 2.94. The molecule has 1 N–H and O–H groups in total. The molecule has 0 fully saturated rings. The summed E-state index contributed by atoms with van der Waals surface area (Å²) in [4.78, 5) is 28.4. The Morgan fingerprint density at radius 2 is 1.89 bits per heavy atom. The van der Waals surface area contributed by atoms with Crippen LogP contribution in [0.25, 0.3) is 6.08 Å². The monoisotopic (exact) mass is 392 g/mol. The number of carbonyl (C=O) groups is 2. The van der Waals surface area contributed by atoms with Crippen LogP contribution in [0.2, 0.25) is 0 Å². The largest absolute Gasteiger partial charge is 0.493 e. The van der Waals surface area contributed by atoms with Gasteiger partial charge in [-0.1, -0.05) is 6.07 Å². The molecule has 9 heteroatoms.